The Morgan fingerprint density at radius 2 is 1.73 bits per heavy atom. The van der Waals surface area contributed by atoms with Gasteiger partial charge in [-0.25, -0.2) is 9.67 Å². The van der Waals surface area contributed by atoms with Gasteiger partial charge in [0, 0.05) is 19.4 Å². The Morgan fingerprint density at radius 3 is 2.23 bits per heavy atom. The predicted octanol–water partition coefficient (Wildman–Crippen LogP) is 2.60. The van der Waals surface area contributed by atoms with Crippen molar-refractivity contribution in [1.82, 2.24) is 19.3 Å². The maximum absolute atomic E-state index is 14.0. The van der Waals surface area contributed by atoms with Crippen molar-refractivity contribution >= 4 is 5.82 Å². The second kappa shape index (κ2) is 5.87. The molecule has 1 aromatic carbocycles. The molecule has 0 saturated heterocycles. The molecule has 0 radical (unpaired) electrons. The molecule has 3 rings (SSSR count). The second-order valence-corrected chi connectivity index (χ2v) is 6.16. The van der Waals surface area contributed by atoms with E-state index in [0.717, 1.165) is 10.1 Å². The Hall–Kier alpha value is -2.81. The van der Waals surface area contributed by atoms with Crippen LogP contribution < -0.4 is 5.73 Å². The van der Waals surface area contributed by atoms with Crippen molar-refractivity contribution in [3.63, 3.8) is 0 Å². The highest BCUT2D eigenvalue weighted by Crippen LogP contribution is 2.46. The van der Waals surface area contributed by atoms with E-state index in [1.165, 1.54) is 31.0 Å². The van der Waals surface area contributed by atoms with Gasteiger partial charge in [-0.1, -0.05) is 17.7 Å². The minimum Gasteiger partial charge on any atom is -0.383 e. The third kappa shape index (κ3) is 2.55. The van der Waals surface area contributed by atoms with Crippen molar-refractivity contribution in [2.45, 2.75) is 25.6 Å². The Labute approximate surface area is 147 Å². The van der Waals surface area contributed by atoms with Crippen LogP contribution in [0.15, 0.2) is 36.7 Å². The summed E-state index contributed by atoms with van der Waals surface area (Å²) in [5.74, 6) is -0.877. The number of hydrogen-bond donors (Lipinski definition) is 2. The molecule has 3 aromatic rings. The summed E-state index contributed by atoms with van der Waals surface area (Å²) in [5.41, 5.74) is 3.54. The van der Waals surface area contributed by atoms with Crippen LogP contribution in [0.5, 0.6) is 0 Å². The first-order chi connectivity index (χ1) is 12.1. The van der Waals surface area contributed by atoms with E-state index in [1.807, 2.05) is 6.92 Å². The highest BCUT2D eigenvalue weighted by molar-refractivity contribution is 5.55. The molecule has 0 spiro atoms. The summed E-state index contributed by atoms with van der Waals surface area (Å²) < 4.78 is 44.2. The maximum atomic E-state index is 14.0. The number of halogens is 3. The summed E-state index contributed by atoms with van der Waals surface area (Å²) in [5, 5.41) is 14.9. The standard InChI is InChI=1S/C17H18F3N5O/c1-10-4-6-12(7-5-10)25-14(21)13(11(2)23-25)16(26,17(18,19)20)15-22-8-9-24(15)3/h4-9,26H,21H2,1-3H3. The van der Waals surface area contributed by atoms with Crippen LogP contribution in [0.4, 0.5) is 19.0 Å². The summed E-state index contributed by atoms with van der Waals surface area (Å²) >= 11 is 0. The number of aliphatic hydroxyl groups is 1. The molecule has 2 aromatic heterocycles. The summed E-state index contributed by atoms with van der Waals surface area (Å²) in [7, 11) is 1.37. The molecule has 0 saturated carbocycles. The van der Waals surface area contributed by atoms with Crippen LogP contribution in [0.3, 0.4) is 0 Å². The Morgan fingerprint density at radius 1 is 1.12 bits per heavy atom. The SMILES string of the molecule is Cc1ccc(-n2nc(C)c(C(O)(c3nccn3C)C(F)(F)F)c2N)cc1. The van der Waals surface area contributed by atoms with Crippen LogP contribution in [0.1, 0.15) is 22.6 Å². The van der Waals surface area contributed by atoms with E-state index >= 15 is 0 Å². The van der Waals surface area contributed by atoms with E-state index < -0.39 is 23.2 Å². The average molecular weight is 365 g/mol. The van der Waals surface area contributed by atoms with Gasteiger partial charge in [-0.05, 0) is 26.0 Å². The molecule has 3 N–H and O–H groups in total. The number of hydrogen-bond acceptors (Lipinski definition) is 4. The number of nitrogen functional groups attached to an aromatic ring is 1. The summed E-state index contributed by atoms with van der Waals surface area (Å²) in [6.45, 7) is 3.26. The topological polar surface area (TPSA) is 81.9 Å². The molecule has 6 nitrogen and oxygen atoms in total. The largest absolute Gasteiger partial charge is 0.429 e. The van der Waals surface area contributed by atoms with Crippen LogP contribution in [0.25, 0.3) is 5.69 Å². The lowest BCUT2D eigenvalue weighted by atomic mass is 9.91. The fourth-order valence-electron chi connectivity index (χ4n) is 2.97. The fraction of sp³-hybridized carbons (Fsp3) is 0.294. The van der Waals surface area contributed by atoms with Gasteiger partial charge < -0.3 is 15.4 Å². The van der Waals surface area contributed by atoms with Crippen LogP contribution >= 0.6 is 0 Å². The smallest absolute Gasteiger partial charge is 0.383 e. The normalized spacial score (nSPS) is 14.4. The third-order valence-electron chi connectivity index (χ3n) is 4.29. The monoisotopic (exact) mass is 365 g/mol. The number of rotatable bonds is 3. The minimum absolute atomic E-state index is 0.0362. The second-order valence-electron chi connectivity index (χ2n) is 6.16. The fourth-order valence-corrected chi connectivity index (χ4v) is 2.97. The van der Waals surface area contributed by atoms with Crippen molar-refractivity contribution in [2.24, 2.45) is 7.05 Å². The molecule has 0 aliphatic heterocycles. The van der Waals surface area contributed by atoms with E-state index in [2.05, 4.69) is 10.1 Å². The number of nitrogens with two attached hydrogens (primary N) is 1. The highest BCUT2D eigenvalue weighted by Gasteiger charge is 2.61. The van der Waals surface area contributed by atoms with Crippen molar-refractivity contribution in [2.75, 3.05) is 5.73 Å². The number of anilines is 1. The van der Waals surface area contributed by atoms with E-state index in [-0.39, 0.29) is 11.5 Å². The number of aryl methyl sites for hydroxylation is 3. The first kappa shape index (κ1) is 18.0. The van der Waals surface area contributed by atoms with Crippen molar-refractivity contribution in [1.29, 1.82) is 0 Å². The van der Waals surface area contributed by atoms with Gasteiger partial charge >= 0.3 is 6.18 Å². The van der Waals surface area contributed by atoms with Gasteiger partial charge in [0.2, 0.25) is 5.60 Å². The molecular weight excluding hydrogens is 347 g/mol. The zero-order valence-corrected chi connectivity index (χ0v) is 14.4. The molecule has 0 fully saturated rings. The summed E-state index contributed by atoms with van der Waals surface area (Å²) in [6, 6.07) is 6.96. The van der Waals surface area contributed by atoms with Gasteiger partial charge in [0.15, 0.2) is 5.82 Å². The zero-order valence-electron chi connectivity index (χ0n) is 14.4. The van der Waals surface area contributed by atoms with Gasteiger partial charge in [-0.2, -0.15) is 18.3 Å². The molecule has 0 amide bonds. The van der Waals surface area contributed by atoms with E-state index in [4.69, 9.17) is 5.73 Å². The highest BCUT2D eigenvalue weighted by atomic mass is 19.4. The van der Waals surface area contributed by atoms with E-state index in [0.29, 0.717) is 5.69 Å². The van der Waals surface area contributed by atoms with Crippen LogP contribution in [-0.2, 0) is 12.6 Å². The van der Waals surface area contributed by atoms with Crippen LogP contribution in [-0.4, -0.2) is 30.6 Å². The first-order valence-corrected chi connectivity index (χ1v) is 7.77. The van der Waals surface area contributed by atoms with Crippen molar-refractivity contribution < 1.29 is 18.3 Å². The molecule has 1 atom stereocenters. The summed E-state index contributed by atoms with van der Waals surface area (Å²) in [6.07, 6.45) is -2.55. The quantitative estimate of drug-likeness (QED) is 0.748. The van der Waals surface area contributed by atoms with Gasteiger partial charge in [-0.15, -0.1) is 0 Å². The predicted molar refractivity (Wildman–Crippen MR) is 89.7 cm³/mol. The lowest BCUT2D eigenvalue weighted by Crippen LogP contribution is -2.46. The van der Waals surface area contributed by atoms with Gasteiger partial charge in [0.05, 0.1) is 16.9 Å². The number of benzene rings is 1. The van der Waals surface area contributed by atoms with Gasteiger partial charge in [-0.3, -0.25) is 0 Å². The number of nitrogens with zero attached hydrogens (tertiary/aromatic N) is 4. The molecule has 138 valence electrons. The lowest BCUT2D eigenvalue weighted by molar-refractivity contribution is -0.251. The Bertz CT molecular complexity index is 942. The Balaban J connectivity index is 2.27. The molecule has 0 aliphatic carbocycles. The third-order valence-corrected chi connectivity index (χ3v) is 4.29. The molecule has 0 bridgehead atoms. The molecular formula is C17H18F3N5O. The van der Waals surface area contributed by atoms with E-state index in [1.54, 1.807) is 24.3 Å². The molecule has 9 heteroatoms. The molecule has 26 heavy (non-hydrogen) atoms. The van der Waals surface area contributed by atoms with Crippen molar-refractivity contribution in [3.8, 4) is 5.69 Å². The minimum atomic E-state index is -5.05. The van der Waals surface area contributed by atoms with Crippen LogP contribution in [0, 0.1) is 13.8 Å². The Kier molecular flexibility index (Phi) is 4.06. The first-order valence-electron chi connectivity index (χ1n) is 7.77. The molecule has 1 unspecified atom stereocenters. The number of aromatic nitrogens is 4. The van der Waals surface area contributed by atoms with Gasteiger partial charge in [0.25, 0.3) is 0 Å². The van der Waals surface area contributed by atoms with E-state index in [9.17, 15) is 18.3 Å². The zero-order chi connectivity index (χ0) is 19.3. The molecule has 2 heterocycles. The summed E-state index contributed by atoms with van der Waals surface area (Å²) in [4.78, 5) is 3.71. The maximum Gasteiger partial charge on any atom is 0.429 e. The number of imidazole rings is 1. The average Bonchev–Trinajstić information content (AvgIpc) is 3.10. The van der Waals surface area contributed by atoms with Gasteiger partial charge in [0.1, 0.15) is 5.82 Å². The van der Waals surface area contributed by atoms with Crippen molar-refractivity contribution in [3.05, 3.63) is 59.3 Å². The molecule has 0 aliphatic rings. The lowest BCUT2D eigenvalue weighted by Gasteiger charge is -2.30. The number of alkyl halides is 3. The van der Waals surface area contributed by atoms with Crippen LogP contribution in [0.2, 0.25) is 0 Å².